The van der Waals surface area contributed by atoms with Gasteiger partial charge in [0.05, 0.1) is 32.3 Å². The maximum atomic E-state index is 13.0. The van der Waals surface area contributed by atoms with Gasteiger partial charge in [0.1, 0.15) is 17.1 Å². The summed E-state index contributed by atoms with van der Waals surface area (Å²) in [6.07, 6.45) is 3.05. The zero-order chi connectivity index (χ0) is 21.4. The Hall–Kier alpha value is -3.74. The van der Waals surface area contributed by atoms with Crippen molar-refractivity contribution in [3.63, 3.8) is 0 Å². The van der Waals surface area contributed by atoms with Gasteiger partial charge in [-0.2, -0.15) is 0 Å². The van der Waals surface area contributed by atoms with E-state index >= 15 is 0 Å². The molecule has 2 aromatic carbocycles. The Morgan fingerprint density at radius 1 is 1.00 bits per heavy atom. The summed E-state index contributed by atoms with van der Waals surface area (Å²) < 4.78 is 22.2. The number of benzene rings is 2. The van der Waals surface area contributed by atoms with Crippen molar-refractivity contribution < 1.29 is 28.5 Å². The molecule has 0 aliphatic heterocycles. The van der Waals surface area contributed by atoms with Crippen LogP contribution >= 0.6 is 0 Å². The number of fused-ring (bicyclic) bond motifs is 2. The molecule has 7 nitrogen and oxygen atoms in total. The van der Waals surface area contributed by atoms with E-state index in [-0.39, 0.29) is 16.4 Å². The van der Waals surface area contributed by atoms with Crippen LogP contribution in [0, 0.1) is 0 Å². The summed E-state index contributed by atoms with van der Waals surface area (Å²) in [7, 11) is 4.68. The molecular formula is C23H20O7. The molecule has 0 bridgehead atoms. The van der Waals surface area contributed by atoms with Crippen molar-refractivity contribution >= 4 is 28.6 Å². The molecule has 1 aliphatic rings. The molecule has 0 saturated heterocycles. The third-order valence-electron chi connectivity index (χ3n) is 5.23. The maximum Gasteiger partial charge on any atom is 0.335 e. The van der Waals surface area contributed by atoms with Gasteiger partial charge in [-0.25, -0.2) is 4.79 Å². The van der Waals surface area contributed by atoms with Gasteiger partial charge in [-0.3, -0.25) is 4.79 Å². The zero-order valence-electron chi connectivity index (χ0n) is 16.8. The third kappa shape index (κ3) is 3.18. The van der Waals surface area contributed by atoms with Crippen LogP contribution in [0.1, 0.15) is 33.7 Å². The molecule has 0 fully saturated rings. The minimum Gasteiger partial charge on any atom is -0.496 e. The SMILES string of the molecule is COc1cc(OC)c(OC)cc1/C=C1\CCc2c1oc1ccc(C(=O)O)cc1c2=O. The summed E-state index contributed by atoms with van der Waals surface area (Å²) in [5.41, 5.74) is 2.39. The number of methoxy groups -OCH3 is 3. The normalized spacial score (nSPS) is 14.0. The molecule has 7 heteroatoms. The Morgan fingerprint density at radius 3 is 2.37 bits per heavy atom. The van der Waals surface area contributed by atoms with E-state index in [9.17, 15) is 14.7 Å². The number of ether oxygens (including phenoxy) is 3. The van der Waals surface area contributed by atoms with E-state index in [1.54, 1.807) is 33.5 Å². The van der Waals surface area contributed by atoms with Gasteiger partial charge < -0.3 is 23.7 Å². The fourth-order valence-electron chi connectivity index (χ4n) is 3.72. The minimum absolute atomic E-state index is 0.0542. The Morgan fingerprint density at radius 2 is 1.70 bits per heavy atom. The van der Waals surface area contributed by atoms with Crippen LogP contribution in [0.4, 0.5) is 0 Å². The predicted octanol–water partition coefficient (Wildman–Crippen LogP) is 4.00. The number of aromatic carboxylic acids is 1. The van der Waals surface area contributed by atoms with Gasteiger partial charge in [0, 0.05) is 17.2 Å². The van der Waals surface area contributed by atoms with Crippen LogP contribution in [0.15, 0.2) is 39.5 Å². The lowest BCUT2D eigenvalue weighted by Gasteiger charge is -2.13. The number of hydrogen-bond acceptors (Lipinski definition) is 6. The summed E-state index contributed by atoms with van der Waals surface area (Å²) in [5, 5.41) is 9.47. The van der Waals surface area contributed by atoms with Crippen LogP contribution in [0.25, 0.3) is 22.6 Å². The van der Waals surface area contributed by atoms with Crippen molar-refractivity contribution in [3.8, 4) is 17.2 Å². The fourth-order valence-corrected chi connectivity index (χ4v) is 3.72. The van der Waals surface area contributed by atoms with Gasteiger partial charge >= 0.3 is 5.97 Å². The van der Waals surface area contributed by atoms with Gasteiger partial charge in [0.15, 0.2) is 16.9 Å². The molecular weight excluding hydrogens is 388 g/mol. The van der Waals surface area contributed by atoms with Gasteiger partial charge in [-0.15, -0.1) is 0 Å². The van der Waals surface area contributed by atoms with Gasteiger partial charge in [0.25, 0.3) is 0 Å². The average molecular weight is 408 g/mol. The molecule has 0 spiro atoms. The third-order valence-corrected chi connectivity index (χ3v) is 5.23. The van der Waals surface area contributed by atoms with Gasteiger partial charge in [-0.05, 0) is 48.8 Å². The van der Waals surface area contributed by atoms with Crippen molar-refractivity contribution in [1.29, 1.82) is 0 Å². The zero-order valence-corrected chi connectivity index (χ0v) is 16.8. The lowest BCUT2D eigenvalue weighted by Crippen LogP contribution is -2.09. The second kappa shape index (κ2) is 7.59. The number of carboxylic acids is 1. The molecule has 0 amide bonds. The van der Waals surface area contributed by atoms with Crippen LogP contribution in [0.3, 0.4) is 0 Å². The molecule has 4 rings (SSSR count). The molecule has 0 atom stereocenters. The van der Waals surface area contributed by atoms with Crippen molar-refractivity contribution in [2.24, 2.45) is 0 Å². The van der Waals surface area contributed by atoms with Crippen LogP contribution in [0.5, 0.6) is 17.2 Å². The van der Waals surface area contributed by atoms with Gasteiger partial charge in [-0.1, -0.05) is 0 Å². The topological polar surface area (TPSA) is 95.2 Å². The number of hydrogen-bond donors (Lipinski definition) is 1. The van der Waals surface area contributed by atoms with Crippen molar-refractivity contribution in [1.82, 2.24) is 0 Å². The highest BCUT2D eigenvalue weighted by Gasteiger charge is 2.25. The molecule has 0 unspecified atom stereocenters. The fraction of sp³-hybridized carbons (Fsp3) is 0.217. The smallest absolute Gasteiger partial charge is 0.335 e. The van der Waals surface area contributed by atoms with Gasteiger partial charge in [0.2, 0.25) is 0 Å². The molecule has 1 aromatic heterocycles. The van der Waals surface area contributed by atoms with Crippen LogP contribution in [-0.4, -0.2) is 32.4 Å². The Labute approximate surface area is 172 Å². The molecule has 1 N–H and O–H groups in total. The Bertz CT molecular complexity index is 1250. The standard InChI is InChI=1S/C23H20O7/c1-27-18-11-20(29-3)19(28-2)10-14(18)8-12-4-6-15-21(24)16-9-13(23(25)26)5-7-17(16)30-22(12)15/h5,7-11H,4,6H2,1-3H3,(H,25,26)/b12-8+. The van der Waals surface area contributed by atoms with Crippen LogP contribution < -0.4 is 19.6 Å². The van der Waals surface area contributed by atoms with Crippen LogP contribution in [0.2, 0.25) is 0 Å². The van der Waals surface area contributed by atoms with Crippen LogP contribution in [-0.2, 0) is 6.42 Å². The molecule has 0 saturated carbocycles. The molecule has 3 aromatic rings. The largest absolute Gasteiger partial charge is 0.496 e. The molecule has 30 heavy (non-hydrogen) atoms. The summed E-state index contributed by atoms with van der Waals surface area (Å²) >= 11 is 0. The van der Waals surface area contributed by atoms with E-state index in [4.69, 9.17) is 18.6 Å². The van der Waals surface area contributed by atoms with E-state index in [2.05, 4.69) is 0 Å². The molecule has 1 aliphatic carbocycles. The summed E-state index contributed by atoms with van der Waals surface area (Å²) in [5.74, 6) is 1.15. The lowest BCUT2D eigenvalue weighted by molar-refractivity contribution is 0.0697. The minimum atomic E-state index is -1.09. The number of carbonyl (C=O) groups is 1. The van der Waals surface area contributed by atoms with E-state index in [0.29, 0.717) is 47.0 Å². The molecule has 154 valence electrons. The Balaban J connectivity index is 1.86. The first-order valence-corrected chi connectivity index (χ1v) is 9.30. The van der Waals surface area contributed by atoms with Crippen molar-refractivity contribution in [3.05, 3.63) is 63.0 Å². The Kier molecular flexibility index (Phi) is 4.95. The second-order valence-electron chi connectivity index (χ2n) is 6.87. The predicted molar refractivity (Wildman–Crippen MR) is 112 cm³/mol. The summed E-state index contributed by atoms with van der Waals surface area (Å²) in [6, 6.07) is 7.86. The van der Waals surface area contributed by atoms with E-state index < -0.39 is 5.97 Å². The van der Waals surface area contributed by atoms with Crippen molar-refractivity contribution in [2.75, 3.05) is 21.3 Å². The lowest BCUT2D eigenvalue weighted by atomic mass is 10.1. The molecule has 0 radical (unpaired) electrons. The van der Waals surface area contributed by atoms with Crippen molar-refractivity contribution in [2.45, 2.75) is 12.8 Å². The number of allylic oxidation sites excluding steroid dienone is 1. The number of rotatable bonds is 5. The first kappa shape index (κ1) is 19.6. The highest BCUT2D eigenvalue weighted by atomic mass is 16.5. The first-order chi connectivity index (χ1) is 14.5. The first-order valence-electron chi connectivity index (χ1n) is 9.30. The quantitative estimate of drug-likeness (QED) is 0.682. The van der Waals surface area contributed by atoms with E-state index in [0.717, 1.165) is 11.1 Å². The number of carboxylic acid groups (broad SMARTS) is 1. The monoisotopic (exact) mass is 408 g/mol. The summed E-state index contributed by atoms with van der Waals surface area (Å²) in [4.78, 5) is 24.2. The maximum absolute atomic E-state index is 13.0. The second-order valence-corrected chi connectivity index (χ2v) is 6.87. The van der Waals surface area contributed by atoms with E-state index in [1.807, 2.05) is 6.08 Å². The highest BCUT2D eigenvalue weighted by Crippen LogP contribution is 2.39. The summed E-state index contributed by atoms with van der Waals surface area (Å²) in [6.45, 7) is 0. The highest BCUT2D eigenvalue weighted by molar-refractivity contribution is 5.94. The average Bonchev–Trinajstić information content (AvgIpc) is 3.16. The van der Waals surface area contributed by atoms with E-state index in [1.165, 1.54) is 18.2 Å². The molecule has 1 heterocycles.